The molecule has 32 heavy (non-hydrogen) atoms. The fourth-order valence-electron chi connectivity index (χ4n) is 4.77. The lowest BCUT2D eigenvalue weighted by Crippen LogP contribution is -2.34. The number of aryl methyl sites for hydroxylation is 2. The van der Waals surface area contributed by atoms with Crippen LogP contribution < -0.4 is 0 Å². The second-order valence-electron chi connectivity index (χ2n) is 9.18. The molecule has 0 spiro atoms. The van der Waals surface area contributed by atoms with Gasteiger partial charge in [0.15, 0.2) is 0 Å². The van der Waals surface area contributed by atoms with Crippen molar-refractivity contribution in [2.75, 3.05) is 0 Å². The molecule has 0 radical (unpaired) electrons. The van der Waals surface area contributed by atoms with Crippen LogP contribution in [0, 0.1) is 25.6 Å². The van der Waals surface area contributed by atoms with E-state index in [1.165, 1.54) is 6.07 Å². The van der Waals surface area contributed by atoms with Gasteiger partial charge in [-0.25, -0.2) is 9.37 Å². The van der Waals surface area contributed by atoms with Crippen LogP contribution >= 0.6 is 0 Å². The Morgan fingerprint density at radius 3 is 2.53 bits per heavy atom. The van der Waals surface area contributed by atoms with E-state index in [1.807, 2.05) is 36.0 Å². The molecule has 168 valence electrons. The van der Waals surface area contributed by atoms with Crippen molar-refractivity contribution in [1.82, 2.24) is 14.8 Å². The van der Waals surface area contributed by atoms with Gasteiger partial charge in [0.05, 0.1) is 23.1 Å². The molecule has 2 aliphatic rings. The Labute approximate surface area is 187 Å². The highest BCUT2D eigenvalue weighted by atomic mass is 32.2. The molecule has 2 aromatic heterocycles. The first-order valence-corrected chi connectivity index (χ1v) is 12.5. The maximum Gasteiger partial charge on any atom is 0.272 e. The van der Waals surface area contributed by atoms with Gasteiger partial charge in [0.1, 0.15) is 11.1 Å². The Hall–Kier alpha value is -2.58. The molecule has 1 atom stereocenters. The summed E-state index contributed by atoms with van der Waals surface area (Å²) in [6.45, 7) is 3.56. The highest BCUT2D eigenvalue weighted by Crippen LogP contribution is 2.49. The van der Waals surface area contributed by atoms with Crippen LogP contribution in [0.4, 0.5) is 4.39 Å². The minimum atomic E-state index is -4.23. The molecular formula is C24H26FN3O3S. The van der Waals surface area contributed by atoms with Crippen LogP contribution in [0.2, 0.25) is 0 Å². The predicted octanol–water partition coefficient (Wildman–Crippen LogP) is 5.16. The SMILES string of the molecule is Cc1cccc(C(C2CC(n3cc(-c4ccc(F)c(C)n4)c(C4CC4)n3)C2)S(=O)(=O)O)c1. The molecule has 2 aliphatic carbocycles. The van der Waals surface area contributed by atoms with Gasteiger partial charge in [-0.3, -0.25) is 9.23 Å². The largest absolute Gasteiger partial charge is 0.285 e. The lowest BCUT2D eigenvalue weighted by Gasteiger charge is -2.39. The van der Waals surface area contributed by atoms with Crippen molar-refractivity contribution in [3.63, 3.8) is 0 Å². The van der Waals surface area contributed by atoms with E-state index >= 15 is 0 Å². The Morgan fingerprint density at radius 2 is 1.91 bits per heavy atom. The summed E-state index contributed by atoms with van der Waals surface area (Å²) in [4.78, 5) is 4.41. The van der Waals surface area contributed by atoms with Crippen LogP contribution in [-0.4, -0.2) is 27.7 Å². The molecule has 1 unspecified atom stereocenters. The van der Waals surface area contributed by atoms with Gasteiger partial charge >= 0.3 is 0 Å². The van der Waals surface area contributed by atoms with E-state index in [0.717, 1.165) is 29.7 Å². The van der Waals surface area contributed by atoms with Gasteiger partial charge in [-0.15, -0.1) is 0 Å². The van der Waals surface area contributed by atoms with Crippen molar-refractivity contribution in [2.45, 2.75) is 56.7 Å². The highest BCUT2D eigenvalue weighted by molar-refractivity contribution is 7.86. The molecule has 0 saturated heterocycles. The summed E-state index contributed by atoms with van der Waals surface area (Å²) in [7, 11) is -4.23. The van der Waals surface area contributed by atoms with Crippen molar-refractivity contribution < 1.29 is 17.4 Å². The molecule has 8 heteroatoms. The summed E-state index contributed by atoms with van der Waals surface area (Å²) < 4.78 is 50.0. The molecule has 0 bridgehead atoms. The van der Waals surface area contributed by atoms with Crippen molar-refractivity contribution in [1.29, 1.82) is 0 Å². The van der Waals surface area contributed by atoms with E-state index in [1.54, 1.807) is 19.1 Å². The molecule has 0 amide bonds. The third-order valence-corrected chi connectivity index (χ3v) is 7.96. The second-order valence-corrected chi connectivity index (χ2v) is 10.7. The maximum absolute atomic E-state index is 13.7. The third kappa shape index (κ3) is 3.97. The van der Waals surface area contributed by atoms with E-state index in [-0.39, 0.29) is 17.8 Å². The van der Waals surface area contributed by atoms with E-state index in [2.05, 4.69) is 4.98 Å². The average Bonchev–Trinajstić information content (AvgIpc) is 3.44. The first-order valence-electron chi connectivity index (χ1n) is 11.0. The zero-order valence-electron chi connectivity index (χ0n) is 18.1. The van der Waals surface area contributed by atoms with Crippen molar-refractivity contribution in [3.05, 3.63) is 70.9 Å². The third-order valence-electron chi connectivity index (χ3n) is 6.67. The Morgan fingerprint density at radius 1 is 1.16 bits per heavy atom. The first kappa shape index (κ1) is 21.3. The zero-order chi connectivity index (χ0) is 22.6. The highest BCUT2D eigenvalue weighted by Gasteiger charge is 2.43. The molecule has 1 aromatic carbocycles. The number of pyridine rings is 1. The minimum absolute atomic E-state index is 0.0573. The summed E-state index contributed by atoms with van der Waals surface area (Å²) in [5, 5.41) is 3.90. The van der Waals surface area contributed by atoms with Crippen molar-refractivity contribution in [2.24, 2.45) is 5.92 Å². The molecule has 2 fully saturated rings. The molecular weight excluding hydrogens is 429 g/mol. The fraction of sp³-hybridized carbons (Fsp3) is 0.417. The van der Waals surface area contributed by atoms with Gasteiger partial charge < -0.3 is 0 Å². The topological polar surface area (TPSA) is 85.1 Å². The normalized spacial score (nSPS) is 21.9. The number of halogens is 1. The summed E-state index contributed by atoms with van der Waals surface area (Å²) in [6.07, 6.45) is 5.34. The van der Waals surface area contributed by atoms with Gasteiger partial charge in [0.2, 0.25) is 0 Å². The standard InChI is InChI=1S/C24H26FN3O3S/c1-14-4-3-5-17(10-14)24(32(29,30)31)18-11-19(12-18)28-13-20(23(27-28)16-6-7-16)22-9-8-21(25)15(2)26-22/h3-5,8-10,13,16,18-19,24H,6-7,11-12H2,1-2H3,(H,29,30,31). The van der Waals surface area contributed by atoms with Crippen LogP contribution in [-0.2, 0) is 10.1 Å². The van der Waals surface area contributed by atoms with Crippen LogP contribution in [0.1, 0.15) is 65.4 Å². The summed E-state index contributed by atoms with van der Waals surface area (Å²) >= 11 is 0. The number of nitrogens with zero attached hydrogens (tertiary/aromatic N) is 3. The Bertz CT molecular complexity index is 1280. The molecule has 5 rings (SSSR count). The molecule has 2 saturated carbocycles. The summed E-state index contributed by atoms with van der Waals surface area (Å²) in [5.74, 6) is -0.115. The monoisotopic (exact) mass is 455 g/mol. The maximum atomic E-state index is 13.7. The Kier molecular flexibility index (Phi) is 5.17. The van der Waals surface area contributed by atoms with E-state index in [9.17, 15) is 17.4 Å². The number of hydrogen-bond donors (Lipinski definition) is 1. The smallest absolute Gasteiger partial charge is 0.272 e. The first-order chi connectivity index (χ1) is 15.2. The molecule has 6 nitrogen and oxygen atoms in total. The Balaban J connectivity index is 1.41. The van der Waals surface area contributed by atoms with Gasteiger partial charge in [-0.2, -0.15) is 13.5 Å². The van der Waals surface area contributed by atoms with Gasteiger partial charge in [-0.1, -0.05) is 29.8 Å². The quantitative estimate of drug-likeness (QED) is 0.519. The van der Waals surface area contributed by atoms with Gasteiger partial charge in [-0.05, 0) is 63.1 Å². The number of rotatable bonds is 6. The van der Waals surface area contributed by atoms with Crippen LogP contribution in [0.3, 0.4) is 0 Å². The van der Waals surface area contributed by atoms with Gasteiger partial charge in [0.25, 0.3) is 10.1 Å². The second kappa shape index (κ2) is 7.78. The molecule has 2 heterocycles. The predicted molar refractivity (Wildman–Crippen MR) is 119 cm³/mol. The van der Waals surface area contributed by atoms with Gasteiger partial charge in [0, 0.05) is 17.7 Å². The summed E-state index contributed by atoms with van der Waals surface area (Å²) in [6, 6.07) is 10.5. The number of aromatic nitrogens is 3. The van der Waals surface area contributed by atoms with Crippen LogP contribution in [0.5, 0.6) is 0 Å². The lowest BCUT2D eigenvalue weighted by atomic mass is 9.76. The fourth-order valence-corrected chi connectivity index (χ4v) is 5.97. The molecule has 0 aliphatic heterocycles. The van der Waals surface area contributed by atoms with E-state index < -0.39 is 15.4 Å². The van der Waals surface area contributed by atoms with Crippen LogP contribution in [0.25, 0.3) is 11.3 Å². The number of benzene rings is 1. The average molecular weight is 456 g/mol. The summed E-state index contributed by atoms with van der Waals surface area (Å²) in [5.41, 5.74) is 4.56. The lowest BCUT2D eigenvalue weighted by molar-refractivity contribution is 0.172. The van der Waals surface area contributed by atoms with E-state index in [4.69, 9.17) is 5.10 Å². The zero-order valence-corrected chi connectivity index (χ0v) is 18.9. The van der Waals surface area contributed by atoms with E-state index in [0.29, 0.717) is 35.7 Å². The van der Waals surface area contributed by atoms with Crippen molar-refractivity contribution >= 4 is 10.1 Å². The number of hydrogen-bond acceptors (Lipinski definition) is 4. The molecule has 3 aromatic rings. The van der Waals surface area contributed by atoms with Crippen LogP contribution in [0.15, 0.2) is 42.6 Å². The molecule has 1 N–H and O–H groups in total. The van der Waals surface area contributed by atoms with Crippen molar-refractivity contribution in [3.8, 4) is 11.3 Å². The minimum Gasteiger partial charge on any atom is -0.285 e.